The van der Waals surface area contributed by atoms with Gasteiger partial charge in [-0.05, 0) is 55.0 Å². The molecule has 0 atom stereocenters. The van der Waals surface area contributed by atoms with Gasteiger partial charge in [0, 0.05) is 17.1 Å². The van der Waals surface area contributed by atoms with Crippen LogP contribution < -0.4 is 10.5 Å². The molecule has 0 radical (unpaired) electrons. The molecule has 1 aromatic heterocycles. The molecule has 3 heteroatoms. The number of unbranched alkanes of at least 4 members (excludes halogenated alkanes) is 4. The van der Waals surface area contributed by atoms with E-state index < -0.39 is 0 Å². The molecule has 1 heterocycles. The zero-order valence-electron chi connectivity index (χ0n) is 15.7. The Bertz CT molecular complexity index is 610. The zero-order chi connectivity index (χ0) is 17.4. The van der Waals surface area contributed by atoms with Crippen molar-refractivity contribution >= 4 is 10.9 Å². The molecule has 0 unspecified atom stereocenters. The maximum atomic E-state index is 5.93. The van der Waals surface area contributed by atoms with Crippen LogP contribution in [-0.4, -0.2) is 18.1 Å². The highest BCUT2D eigenvalue weighted by atomic mass is 16.5. The van der Waals surface area contributed by atoms with Crippen LogP contribution in [0.25, 0.3) is 10.9 Å². The van der Waals surface area contributed by atoms with Gasteiger partial charge in [-0.1, -0.05) is 46.5 Å². The Kier molecular flexibility index (Phi) is 7.16. The molecule has 0 saturated heterocycles. The summed E-state index contributed by atoms with van der Waals surface area (Å²) in [6.45, 7) is 8.44. The van der Waals surface area contributed by atoms with Crippen molar-refractivity contribution in [2.45, 2.75) is 65.7 Å². The molecule has 1 aromatic carbocycles. The maximum absolute atomic E-state index is 5.93. The molecule has 24 heavy (non-hydrogen) atoms. The van der Waals surface area contributed by atoms with Gasteiger partial charge in [-0.15, -0.1) is 0 Å². The molecule has 0 spiro atoms. The van der Waals surface area contributed by atoms with Crippen molar-refractivity contribution in [2.24, 2.45) is 11.1 Å². The Labute approximate surface area is 147 Å². The van der Waals surface area contributed by atoms with E-state index in [0.29, 0.717) is 12.0 Å². The molecular formula is C21H34N2O. The van der Waals surface area contributed by atoms with Crippen molar-refractivity contribution in [3.05, 3.63) is 30.0 Å². The van der Waals surface area contributed by atoms with Gasteiger partial charge in [0.15, 0.2) is 0 Å². The summed E-state index contributed by atoms with van der Waals surface area (Å²) in [4.78, 5) is 3.30. The minimum Gasteiger partial charge on any atom is -0.494 e. The summed E-state index contributed by atoms with van der Waals surface area (Å²) in [6.07, 6.45) is 10.7. The van der Waals surface area contributed by atoms with Gasteiger partial charge in [0.25, 0.3) is 0 Å². The Morgan fingerprint density at radius 1 is 1.04 bits per heavy atom. The summed E-state index contributed by atoms with van der Waals surface area (Å²) in [7, 11) is 0. The summed E-state index contributed by atoms with van der Waals surface area (Å²) >= 11 is 0. The highest BCUT2D eigenvalue weighted by Crippen LogP contribution is 2.25. The monoisotopic (exact) mass is 330 g/mol. The molecule has 0 aliphatic rings. The van der Waals surface area contributed by atoms with Crippen LogP contribution in [0.1, 0.15) is 64.9 Å². The zero-order valence-corrected chi connectivity index (χ0v) is 15.7. The fourth-order valence-corrected chi connectivity index (χ4v) is 3.09. The molecule has 134 valence electrons. The molecular weight excluding hydrogens is 296 g/mol. The van der Waals surface area contributed by atoms with Gasteiger partial charge in [0.1, 0.15) is 5.75 Å². The molecule has 0 fully saturated rings. The van der Waals surface area contributed by atoms with Crippen LogP contribution in [0, 0.1) is 5.41 Å². The summed E-state index contributed by atoms with van der Waals surface area (Å²) in [6, 6.07) is 6.28. The number of aromatic amines is 1. The Balaban J connectivity index is 1.67. The lowest BCUT2D eigenvalue weighted by atomic mass is 9.89. The van der Waals surface area contributed by atoms with Crippen molar-refractivity contribution in [3.8, 4) is 5.75 Å². The van der Waals surface area contributed by atoms with Crippen molar-refractivity contribution < 1.29 is 4.74 Å². The first kappa shape index (κ1) is 18.9. The molecule has 0 saturated carbocycles. The fourth-order valence-electron chi connectivity index (χ4n) is 3.09. The number of ether oxygens (including phenoxy) is 1. The van der Waals surface area contributed by atoms with Gasteiger partial charge in [-0.3, -0.25) is 0 Å². The molecule has 0 aliphatic carbocycles. The third-order valence-electron chi connectivity index (χ3n) is 4.49. The maximum Gasteiger partial charge on any atom is 0.120 e. The number of nitrogens with one attached hydrogen (secondary N) is 1. The minimum absolute atomic E-state index is 0.475. The number of H-pyrrole nitrogens is 1. The van der Waals surface area contributed by atoms with Gasteiger partial charge < -0.3 is 15.5 Å². The molecule has 0 amide bonds. The number of fused-ring (bicyclic) bond motifs is 1. The molecule has 0 bridgehead atoms. The van der Waals surface area contributed by atoms with Crippen LogP contribution in [0.15, 0.2) is 24.4 Å². The van der Waals surface area contributed by atoms with E-state index in [1.165, 1.54) is 43.1 Å². The molecule has 2 aromatic rings. The minimum atomic E-state index is 0.475. The largest absolute Gasteiger partial charge is 0.494 e. The standard InChI is InChI=1S/C21H34N2O/c1-21(2,3)12-7-5-4-6-8-14-24-18-9-10-20-19(15-18)17(11-13-22)16-23-20/h9-10,15-16,23H,4-8,11-14,22H2,1-3H3. The second-order valence-electron chi connectivity index (χ2n) is 7.99. The second-order valence-corrected chi connectivity index (χ2v) is 7.99. The number of rotatable bonds is 10. The van der Waals surface area contributed by atoms with Crippen LogP contribution in [0.4, 0.5) is 0 Å². The molecule has 2 rings (SSSR count). The van der Waals surface area contributed by atoms with Crippen molar-refractivity contribution in [1.82, 2.24) is 4.98 Å². The highest BCUT2D eigenvalue weighted by molar-refractivity contribution is 5.84. The average molecular weight is 331 g/mol. The van der Waals surface area contributed by atoms with E-state index in [4.69, 9.17) is 10.5 Å². The second kappa shape index (κ2) is 9.12. The summed E-state index contributed by atoms with van der Waals surface area (Å²) in [5.74, 6) is 0.966. The number of hydrogen-bond acceptors (Lipinski definition) is 2. The molecule has 3 N–H and O–H groups in total. The van der Waals surface area contributed by atoms with Crippen LogP contribution in [-0.2, 0) is 6.42 Å². The van der Waals surface area contributed by atoms with E-state index in [1.807, 2.05) is 6.07 Å². The number of aromatic nitrogens is 1. The first-order chi connectivity index (χ1) is 11.5. The first-order valence-corrected chi connectivity index (χ1v) is 9.42. The van der Waals surface area contributed by atoms with Gasteiger partial charge in [0.2, 0.25) is 0 Å². The number of benzene rings is 1. The predicted octanol–water partition coefficient (Wildman–Crippen LogP) is 5.43. The van der Waals surface area contributed by atoms with Crippen LogP contribution in [0.5, 0.6) is 5.75 Å². The molecule has 3 nitrogen and oxygen atoms in total. The van der Waals surface area contributed by atoms with Crippen molar-refractivity contribution in [1.29, 1.82) is 0 Å². The smallest absolute Gasteiger partial charge is 0.120 e. The third kappa shape index (κ3) is 6.20. The van der Waals surface area contributed by atoms with E-state index in [2.05, 4.69) is 44.1 Å². The first-order valence-electron chi connectivity index (χ1n) is 9.42. The highest BCUT2D eigenvalue weighted by Gasteiger charge is 2.08. The van der Waals surface area contributed by atoms with Crippen molar-refractivity contribution in [3.63, 3.8) is 0 Å². The Morgan fingerprint density at radius 2 is 1.79 bits per heavy atom. The average Bonchev–Trinajstić information content (AvgIpc) is 2.92. The van der Waals surface area contributed by atoms with E-state index >= 15 is 0 Å². The van der Waals surface area contributed by atoms with Gasteiger partial charge in [-0.25, -0.2) is 0 Å². The quantitative estimate of drug-likeness (QED) is 0.570. The van der Waals surface area contributed by atoms with Gasteiger partial charge in [0.05, 0.1) is 6.61 Å². The number of hydrogen-bond donors (Lipinski definition) is 2. The predicted molar refractivity (Wildman–Crippen MR) is 104 cm³/mol. The van der Waals surface area contributed by atoms with E-state index in [-0.39, 0.29) is 0 Å². The Morgan fingerprint density at radius 3 is 2.54 bits per heavy atom. The van der Waals surface area contributed by atoms with Crippen LogP contribution in [0.3, 0.4) is 0 Å². The van der Waals surface area contributed by atoms with Crippen LogP contribution in [0.2, 0.25) is 0 Å². The lowest BCUT2D eigenvalue weighted by molar-refractivity contribution is 0.302. The van der Waals surface area contributed by atoms with Crippen molar-refractivity contribution in [2.75, 3.05) is 13.2 Å². The normalized spacial score (nSPS) is 12.0. The van der Waals surface area contributed by atoms with Crippen LogP contribution >= 0.6 is 0 Å². The lowest BCUT2D eigenvalue weighted by Gasteiger charge is -2.17. The van der Waals surface area contributed by atoms with E-state index in [9.17, 15) is 0 Å². The molecule has 0 aliphatic heterocycles. The van der Waals surface area contributed by atoms with Gasteiger partial charge in [-0.2, -0.15) is 0 Å². The number of nitrogens with two attached hydrogens (primary N) is 1. The third-order valence-corrected chi connectivity index (χ3v) is 4.49. The topological polar surface area (TPSA) is 51.0 Å². The lowest BCUT2D eigenvalue weighted by Crippen LogP contribution is -2.04. The Hall–Kier alpha value is -1.48. The summed E-state index contributed by atoms with van der Waals surface area (Å²) < 4.78 is 5.93. The van der Waals surface area contributed by atoms with Gasteiger partial charge >= 0.3 is 0 Å². The SMILES string of the molecule is CC(C)(C)CCCCCCCOc1ccc2[nH]cc(CCN)c2c1. The van der Waals surface area contributed by atoms with E-state index in [0.717, 1.165) is 30.7 Å². The van der Waals surface area contributed by atoms with E-state index in [1.54, 1.807) is 0 Å². The fraction of sp³-hybridized carbons (Fsp3) is 0.619. The summed E-state index contributed by atoms with van der Waals surface area (Å²) in [5.41, 5.74) is 8.58. The summed E-state index contributed by atoms with van der Waals surface area (Å²) in [5, 5.41) is 1.24.